The molecule has 0 saturated heterocycles. The molecular formula is C30H39NO2. The van der Waals surface area contributed by atoms with Crippen LogP contribution in [0.2, 0.25) is 0 Å². The minimum atomic E-state index is 0.00598. The summed E-state index contributed by atoms with van der Waals surface area (Å²) in [6.07, 6.45) is 4.03. The highest BCUT2D eigenvalue weighted by Crippen LogP contribution is 2.32. The molecule has 4 rings (SSSR count). The summed E-state index contributed by atoms with van der Waals surface area (Å²) in [5.41, 5.74) is 9.66. The van der Waals surface area contributed by atoms with Crippen LogP contribution in [0.3, 0.4) is 0 Å². The first-order valence-corrected chi connectivity index (χ1v) is 12.3. The van der Waals surface area contributed by atoms with Crippen molar-refractivity contribution in [3.63, 3.8) is 0 Å². The second kappa shape index (κ2) is 10.5. The molecule has 0 spiro atoms. The van der Waals surface area contributed by atoms with Gasteiger partial charge in [-0.2, -0.15) is 0 Å². The maximum absolute atomic E-state index is 11.8. The maximum Gasteiger partial charge on any atom is 0.221 e. The third kappa shape index (κ3) is 6.22. The van der Waals surface area contributed by atoms with E-state index in [4.69, 9.17) is 0 Å². The monoisotopic (exact) mass is 445 g/mol. The summed E-state index contributed by atoms with van der Waals surface area (Å²) < 4.78 is 0. The molecule has 3 heteroatoms. The first-order chi connectivity index (χ1) is 15.5. The second-order valence-electron chi connectivity index (χ2n) is 10.7. The average molecular weight is 446 g/mol. The van der Waals surface area contributed by atoms with Gasteiger partial charge in [-0.1, -0.05) is 58.9 Å². The molecule has 1 amide bonds. The molecule has 1 N–H and O–H groups in total. The Morgan fingerprint density at radius 3 is 2.03 bits per heavy atom. The van der Waals surface area contributed by atoms with Gasteiger partial charge in [-0.3, -0.25) is 9.59 Å². The Bertz CT molecular complexity index is 1070. The third-order valence-electron chi connectivity index (χ3n) is 6.33. The zero-order chi connectivity index (χ0) is 24.3. The number of Topliss-reactive ketones (excluding diaryl/α,β-unsaturated/α-hetero) is 1. The lowest BCUT2D eigenvalue weighted by Gasteiger charge is -2.10. The van der Waals surface area contributed by atoms with E-state index in [0.717, 1.165) is 36.9 Å². The van der Waals surface area contributed by atoms with Crippen LogP contribution >= 0.6 is 0 Å². The van der Waals surface area contributed by atoms with E-state index >= 15 is 0 Å². The van der Waals surface area contributed by atoms with Gasteiger partial charge >= 0.3 is 0 Å². The quantitative estimate of drug-likeness (QED) is 0.566. The van der Waals surface area contributed by atoms with Crippen LogP contribution in [0, 0.1) is 17.8 Å². The SMILES string of the molecule is CC(=O)NC1=C(C)Cc2ccc(CC(C)C)cc21.CC(C)Cc1ccc2c(c1)C(=O)C(C)C2. The fourth-order valence-corrected chi connectivity index (χ4v) is 4.88. The van der Waals surface area contributed by atoms with Crippen molar-refractivity contribution in [3.8, 4) is 0 Å². The number of hydrogen-bond acceptors (Lipinski definition) is 2. The lowest BCUT2D eigenvalue weighted by atomic mass is 9.98. The minimum absolute atomic E-state index is 0.00598. The fourth-order valence-electron chi connectivity index (χ4n) is 4.88. The zero-order valence-electron chi connectivity index (χ0n) is 21.3. The largest absolute Gasteiger partial charge is 0.326 e. The van der Waals surface area contributed by atoms with Crippen LogP contribution in [-0.4, -0.2) is 11.7 Å². The van der Waals surface area contributed by atoms with E-state index in [9.17, 15) is 9.59 Å². The molecule has 1 atom stereocenters. The van der Waals surface area contributed by atoms with Crippen molar-refractivity contribution in [1.29, 1.82) is 0 Å². The average Bonchev–Trinajstić information content (AvgIpc) is 3.17. The molecule has 2 aromatic carbocycles. The molecular weight excluding hydrogens is 406 g/mol. The highest BCUT2D eigenvalue weighted by molar-refractivity contribution is 6.02. The molecule has 0 heterocycles. The molecule has 0 fully saturated rings. The Hall–Kier alpha value is -2.68. The van der Waals surface area contributed by atoms with Gasteiger partial charge in [0.25, 0.3) is 0 Å². The number of rotatable bonds is 5. The van der Waals surface area contributed by atoms with Gasteiger partial charge in [0.1, 0.15) is 0 Å². The standard InChI is InChI=1S/C16H21NO.C14H18O/c1-10(2)7-13-5-6-14-8-11(3)16(15(14)9-13)17-12(4)18;1-9(2)6-11-4-5-12-7-10(3)14(15)13(12)8-11/h5-6,9-10H,7-8H2,1-4H3,(H,17,18);4-5,8-10H,6-7H2,1-3H3. The van der Waals surface area contributed by atoms with Crippen LogP contribution in [0.4, 0.5) is 0 Å². The molecule has 2 aromatic rings. The molecule has 0 saturated carbocycles. The molecule has 0 aromatic heterocycles. The highest BCUT2D eigenvalue weighted by Gasteiger charge is 2.26. The third-order valence-corrected chi connectivity index (χ3v) is 6.33. The summed E-state index contributed by atoms with van der Waals surface area (Å²) >= 11 is 0. The van der Waals surface area contributed by atoms with Gasteiger partial charge in [0.05, 0.1) is 0 Å². The van der Waals surface area contributed by atoms with Crippen LogP contribution in [0.25, 0.3) is 5.70 Å². The Balaban J connectivity index is 0.000000189. The van der Waals surface area contributed by atoms with Crippen LogP contribution in [0.5, 0.6) is 0 Å². The second-order valence-corrected chi connectivity index (χ2v) is 10.7. The summed E-state index contributed by atoms with van der Waals surface area (Å²) in [5, 5.41) is 2.97. The van der Waals surface area contributed by atoms with E-state index in [1.54, 1.807) is 6.92 Å². The number of hydrogen-bond donors (Lipinski definition) is 1. The van der Waals surface area contributed by atoms with Crippen molar-refractivity contribution < 1.29 is 9.59 Å². The predicted molar refractivity (Wildman–Crippen MR) is 137 cm³/mol. The van der Waals surface area contributed by atoms with Gasteiger partial charge in [-0.05, 0) is 84.4 Å². The van der Waals surface area contributed by atoms with Crippen molar-refractivity contribution in [3.05, 3.63) is 75.4 Å². The molecule has 0 bridgehead atoms. The van der Waals surface area contributed by atoms with E-state index in [0.29, 0.717) is 17.6 Å². The van der Waals surface area contributed by atoms with Crippen molar-refractivity contribution in [1.82, 2.24) is 5.32 Å². The number of allylic oxidation sites excluding steroid dienone is 1. The van der Waals surface area contributed by atoms with E-state index < -0.39 is 0 Å². The summed E-state index contributed by atoms with van der Waals surface area (Å²) in [7, 11) is 0. The summed E-state index contributed by atoms with van der Waals surface area (Å²) in [6, 6.07) is 13.0. The maximum atomic E-state index is 11.8. The van der Waals surface area contributed by atoms with Crippen molar-refractivity contribution in [2.45, 2.75) is 74.1 Å². The molecule has 3 nitrogen and oxygen atoms in total. The van der Waals surface area contributed by atoms with Crippen LogP contribution in [0.15, 0.2) is 42.0 Å². The molecule has 0 aliphatic heterocycles. The topological polar surface area (TPSA) is 46.2 Å². The number of benzene rings is 2. The van der Waals surface area contributed by atoms with Crippen LogP contribution in [-0.2, 0) is 30.5 Å². The summed E-state index contributed by atoms with van der Waals surface area (Å²) in [5.74, 6) is 1.83. The molecule has 0 radical (unpaired) electrons. The van der Waals surface area contributed by atoms with Crippen molar-refractivity contribution >= 4 is 17.4 Å². The molecule has 1 unspecified atom stereocenters. The van der Waals surface area contributed by atoms with Gasteiger partial charge < -0.3 is 5.32 Å². The van der Waals surface area contributed by atoms with Gasteiger partial charge in [0.2, 0.25) is 5.91 Å². The normalized spacial score (nSPS) is 16.6. The molecule has 2 aliphatic carbocycles. The highest BCUT2D eigenvalue weighted by atomic mass is 16.1. The lowest BCUT2D eigenvalue weighted by molar-refractivity contribution is -0.117. The zero-order valence-corrected chi connectivity index (χ0v) is 21.3. The Morgan fingerprint density at radius 2 is 1.48 bits per heavy atom. The van der Waals surface area contributed by atoms with Gasteiger partial charge in [-0.15, -0.1) is 0 Å². The molecule has 2 aliphatic rings. The van der Waals surface area contributed by atoms with Gasteiger partial charge in [0, 0.05) is 29.7 Å². The van der Waals surface area contributed by atoms with Crippen molar-refractivity contribution in [2.24, 2.45) is 17.8 Å². The fraction of sp³-hybridized carbons (Fsp3) is 0.467. The first kappa shape index (κ1) is 25.0. The number of ketones is 1. The van der Waals surface area contributed by atoms with Gasteiger partial charge in [-0.25, -0.2) is 0 Å². The summed E-state index contributed by atoms with van der Waals surface area (Å²) in [6.45, 7) is 14.5. The molecule has 176 valence electrons. The van der Waals surface area contributed by atoms with Crippen LogP contribution < -0.4 is 5.32 Å². The van der Waals surface area contributed by atoms with Crippen molar-refractivity contribution in [2.75, 3.05) is 0 Å². The Labute approximate surface area is 199 Å². The van der Waals surface area contributed by atoms with Gasteiger partial charge in [0.15, 0.2) is 5.78 Å². The Kier molecular flexibility index (Phi) is 7.94. The number of amides is 1. The lowest BCUT2D eigenvalue weighted by Crippen LogP contribution is -2.18. The predicted octanol–water partition coefficient (Wildman–Crippen LogP) is 6.57. The Morgan fingerprint density at radius 1 is 0.939 bits per heavy atom. The number of nitrogens with one attached hydrogen (secondary N) is 1. The van der Waals surface area contributed by atoms with E-state index in [1.807, 2.05) is 6.92 Å². The number of carbonyl (C=O) groups is 2. The number of fused-ring (bicyclic) bond motifs is 2. The van der Waals surface area contributed by atoms with E-state index in [2.05, 4.69) is 76.3 Å². The number of carbonyl (C=O) groups excluding carboxylic acids is 2. The van der Waals surface area contributed by atoms with E-state index in [1.165, 1.54) is 33.4 Å². The minimum Gasteiger partial charge on any atom is -0.326 e. The van der Waals surface area contributed by atoms with Crippen LogP contribution in [0.1, 0.15) is 86.6 Å². The summed E-state index contributed by atoms with van der Waals surface area (Å²) in [4.78, 5) is 23.1. The smallest absolute Gasteiger partial charge is 0.221 e. The van der Waals surface area contributed by atoms with E-state index in [-0.39, 0.29) is 11.8 Å². The molecule has 33 heavy (non-hydrogen) atoms. The first-order valence-electron chi connectivity index (χ1n) is 12.3.